The first-order valence-corrected chi connectivity index (χ1v) is 2.95. The van der Waals surface area contributed by atoms with Gasteiger partial charge in [0.15, 0.2) is 12.4 Å². The molecule has 0 radical (unpaired) electrons. The van der Waals surface area contributed by atoms with Gasteiger partial charge in [-0.15, -0.1) is 0 Å². The zero-order valence-corrected chi connectivity index (χ0v) is 6.06. The Bertz CT molecular complexity index is 203. The first-order valence-electron chi connectivity index (χ1n) is 2.54. The first kappa shape index (κ1) is 8.75. The van der Waals surface area contributed by atoms with Crippen LogP contribution in [0.15, 0.2) is 24.5 Å². The Kier molecular flexibility index (Phi) is 5.14. The number of nitrogen functional groups attached to an aromatic ring is 1. The van der Waals surface area contributed by atoms with Gasteiger partial charge < -0.3 is 11.1 Å². The van der Waals surface area contributed by atoms with Crippen molar-refractivity contribution in [3.8, 4) is 0 Å². The lowest BCUT2D eigenvalue weighted by Crippen LogP contribution is -1.97. The fourth-order valence-electron chi connectivity index (χ4n) is 0.400. The summed E-state index contributed by atoms with van der Waals surface area (Å²) in [5.41, 5.74) is 6.13. The maximum atomic E-state index is 7.13. The molecule has 0 aromatic carbocycles. The Hall–Kier alpha value is -1.25. The van der Waals surface area contributed by atoms with Gasteiger partial charge in [-0.25, -0.2) is 4.98 Å². The lowest BCUT2D eigenvalue weighted by atomic mass is 10.4. The maximum absolute atomic E-state index is 7.13. The van der Waals surface area contributed by atoms with E-state index in [1.54, 1.807) is 24.5 Å². The molecular weight excluding hydrogens is 146 g/mol. The highest BCUT2D eigenvalue weighted by Crippen LogP contribution is 1.90. The van der Waals surface area contributed by atoms with Crippen LogP contribution in [0.4, 0.5) is 5.69 Å². The van der Waals surface area contributed by atoms with Crippen LogP contribution in [-0.2, 0) is 0 Å². The molecule has 0 aliphatic heterocycles. The van der Waals surface area contributed by atoms with Crippen LogP contribution < -0.4 is 10.7 Å². The molecule has 1 aromatic rings. The van der Waals surface area contributed by atoms with Crippen molar-refractivity contribution in [3.05, 3.63) is 29.9 Å². The van der Waals surface area contributed by atoms with Gasteiger partial charge in [0, 0.05) is 17.8 Å². The highest BCUT2D eigenvalue weighted by Gasteiger charge is 1.78. The molecular formula is C6H7N3S. The number of pyridine rings is 1. The van der Waals surface area contributed by atoms with E-state index in [1.807, 2.05) is 0 Å². The Morgan fingerprint density at radius 2 is 1.90 bits per heavy atom. The normalized spacial score (nSPS) is 6.80. The average molecular weight is 153 g/mol. The van der Waals surface area contributed by atoms with E-state index in [0.717, 1.165) is 5.69 Å². The lowest BCUT2D eigenvalue weighted by Gasteiger charge is -1.78. The van der Waals surface area contributed by atoms with Crippen LogP contribution in [0.5, 0.6) is 0 Å². The molecule has 1 aromatic heterocycles. The number of hydrogen-bond acceptors (Lipinski definition) is 2. The fraction of sp³-hybridized carbons (Fsp3) is 0. The van der Waals surface area contributed by atoms with E-state index in [0.29, 0.717) is 0 Å². The van der Waals surface area contributed by atoms with Crippen LogP contribution in [0.1, 0.15) is 0 Å². The van der Waals surface area contributed by atoms with Gasteiger partial charge in [0.2, 0.25) is 0 Å². The van der Waals surface area contributed by atoms with E-state index in [9.17, 15) is 0 Å². The second-order valence-electron chi connectivity index (χ2n) is 1.42. The third-order valence-electron chi connectivity index (χ3n) is 0.744. The molecule has 0 spiro atoms. The number of H-pyrrole nitrogens is 1. The highest BCUT2D eigenvalue weighted by atomic mass is 32.1. The average Bonchev–Trinajstić information content (AvgIpc) is 1.91. The predicted molar refractivity (Wildman–Crippen MR) is 43.4 cm³/mol. The lowest BCUT2D eigenvalue weighted by molar-refractivity contribution is -0.377. The van der Waals surface area contributed by atoms with Crippen LogP contribution in [-0.4, -0.2) is 5.16 Å². The van der Waals surface area contributed by atoms with Gasteiger partial charge >= 0.3 is 0 Å². The zero-order chi connectivity index (χ0) is 7.82. The van der Waals surface area contributed by atoms with Gasteiger partial charge in [-0.05, 0) is 0 Å². The minimum Gasteiger partial charge on any atom is -0.753 e. The van der Waals surface area contributed by atoms with Crippen LogP contribution in [0.2, 0.25) is 0 Å². The van der Waals surface area contributed by atoms with Crippen molar-refractivity contribution in [1.82, 2.24) is 0 Å². The van der Waals surface area contributed by atoms with Gasteiger partial charge in [0.05, 0.1) is 0 Å². The maximum Gasteiger partial charge on any atom is 0.169 e. The first-order chi connectivity index (χ1) is 4.81. The number of aromatic amines is 1. The number of nitrogens with two attached hydrogens (primary N) is 1. The van der Waals surface area contributed by atoms with Gasteiger partial charge in [-0.3, -0.25) is 0 Å². The van der Waals surface area contributed by atoms with E-state index in [-0.39, 0.29) is 0 Å². The van der Waals surface area contributed by atoms with Crippen molar-refractivity contribution in [2.45, 2.75) is 0 Å². The number of hydrogen-bond donors (Lipinski definition) is 1. The van der Waals surface area contributed by atoms with Gasteiger partial charge in [0.1, 0.15) is 0 Å². The quantitative estimate of drug-likeness (QED) is 0.441. The smallest absolute Gasteiger partial charge is 0.169 e. The molecule has 1 rings (SSSR count). The Morgan fingerprint density at radius 3 is 2.10 bits per heavy atom. The van der Waals surface area contributed by atoms with Crippen molar-refractivity contribution < 1.29 is 4.98 Å². The molecule has 0 atom stereocenters. The fourth-order valence-corrected chi connectivity index (χ4v) is 0.400. The molecule has 0 saturated carbocycles. The largest absolute Gasteiger partial charge is 0.753 e. The third kappa shape index (κ3) is 4.90. The molecule has 0 bridgehead atoms. The number of nitrogens with zero attached hydrogens (tertiary/aromatic N) is 1. The van der Waals surface area contributed by atoms with E-state index >= 15 is 0 Å². The standard InChI is InChI=1S/C5H6N2.CNS/c6-5-1-3-7-4-2-5;2-1-3/h1-4H,(H2,6,7);/q;-1/p+1. The van der Waals surface area contributed by atoms with E-state index in [1.165, 1.54) is 5.16 Å². The van der Waals surface area contributed by atoms with Crippen LogP contribution in [0.25, 0.3) is 5.41 Å². The summed E-state index contributed by atoms with van der Waals surface area (Å²) in [6.45, 7) is 0. The van der Waals surface area contributed by atoms with Gasteiger partial charge in [0.25, 0.3) is 0 Å². The molecule has 1 heterocycles. The highest BCUT2D eigenvalue weighted by molar-refractivity contribution is 7.78. The van der Waals surface area contributed by atoms with E-state index in [2.05, 4.69) is 17.2 Å². The summed E-state index contributed by atoms with van der Waals surface area (Å²) in [6.07, 6.45) is 3.57. The molecule has 0 fully saturated rings. The van der Waals surface area contributed by atoms with Gasteiger partial charge in [-0.2, -0.15) is 5.16 Å². The van der Waals surface area contributed by atoms with Crippen molar-refractivity contribution in [1.29, 1.82) is 0 Å². The minimum absolute atomic E-state index is 0.791. The topological polar surface area (TPSA) is 62.5 Å². The Balaban J connectivity index is 0.000000236. The second kappa shape index (κ2) is 5.88. The zero-order valence-electron chi connectivity index (χ0n) is 5.24. The molecule has 0 aliphatic rings. The van der Waals surface area contributed by atoms with Crippen molar-refractivity contribution in [2.24, 2.45) is 0 Å². The SMILES string of the molecule is Nc1cc[nH+]cc1.[N-]=C=S. The number of rotatable bonds is 0. The molecule has 0 aliphatic carbocycles. The van der Waals surface area contributed by atoms with Gasteiger partial charge in [-0.1, -0.05) is 12.2 Å². The van der Waals surface area contributed by atoms with Crippen LogP contribution >= 0.6 is 12.2 Å². The number of isothiocyanates is 1. The molecule has 4 heteroatoms. The number of nitrogens with one attached hydrogen (secondary N) is 1. The van der Waals surface area contributed by atoms with Crippen molar-refractivity contribution >= 4 is 23.1 Å². The van der Waals surface area contributed by atoms with Crippen molar-refractivity contribution in [3.63, 3.8) is 0 Å². The molecule has 0 unspecified atom stereocenters. The summed E-state index contributed by atoms with van der Waals surface area (Å²) >= 11 is 3.70. The summed E-state index contributed by atoms with van der Waals surface area (Å²) in [4.78, 5) is 2.85. The predicted octanol–water partition coefficient (Wildman–Crippen LogP) is 0.741. The summed E-state index contributed by atoms with van der Waals surface area (Å²) in [5, 5.41) is 8.47. The summed E-state index contributed by atoms with van der Waals surface area (Å²) in [5.74, 6) is 0. The van der Waals surface area contributed by atoms with Crippen LogP contribution in [0, 0.1) is 0 Å². The molecule has 10 heavy (non-hydrogen) atoms. The number of anilines is 1. The van der Waals surface area contributed by atoms with E-state index < -0.39 is 0 Å². The monoisotopic (exact) mass is 153 g/mol. The molecule has 0 saturated heterocycles. The number of thiocarbonyl (C=S) groups is 1. The third-order valence-corrected chi connectivity index (χ3v) is 0.744. The summed E-state index contributed by atoms with van der Waals surface area (Å²) in [6, 6.07) is 3.61. The summed E-state index contributed by atoms with van der Waals surface area (Å²) < 4.78 is 0. The van der Waals surface area contributed by atoms with Crippen LogP contribution in [0.3, 0.4) is 0 Å². The minimum atomic E-state index is 0.791. The molecule has 52 valence electrons. The summed E-state index contributed by atoms with van der Waals surface area (Å²) in [7, 11) is 0. The van der Waals surface area contributed by atoms with E-state index in [4.69, 9.17) is 11.1 Å². The Labute approximate surface area is 64.4 Å². The molecule has 3 nitrogen and oxygen atoms in total. The number of aromatic nitrogens is 1. The second-order valence-corrected chi connectivity index (χ2v) is 1.61. The van der Waals surface area contributed by atoms with Crippen molar-refractivity contribution in [2.75, 3.05) is 5.73 Å². The Morgan fingerprint density at radius 1 is 1.50 bits per heavy atom. The molecule has 0 amide bonds. The molecule has 3 N–H and O–H groups in total.